The maximum absolute atomic E-state index is 9.82. The normalized spacial score (nSPS) is 32.3. The second kappa shape index (κ2) is 4.55. The van der Waals surface area contributed by atoms with Crippen LogP contribution in [0.2, 0.25) is 0 Å². The van der Waals surface area contributed by atoms with E-state index in [1.165, 1.54) is 77.3 Å². The van der Waals surface area contributed by atoms with Gasteiger partial charge < -0.3 is 5.11 Å². The number of hydrogen-bond acceptors (Lipinski definition) is 2. The van der Waals surface area contributed by atoms with E-state index in [9.17, 15) is 5.11 Å². The summed E-state index contributed by atoms with van der Waals surface area (Å²) in [5, 5.41) is 9.82. The Hall–Kier alpha value is -0.0800. The molecule has 2 aliphatic carbocycles. The molecule has 0 bridgehead atoms. The van der Waals surface area contributed by atoms with Crippen LogP contribution in [0.1, 0.15) is 64.2 Å². The third-order valence-corrected chi connectivity index (χ3v) is 5.72. The first-order valence-electron chi connectivity index (χ1n) is 7.65. The van der Waals surface area contributed by atoms with Gasteiger partial charge in [0.15, 0.2) is 0 Å². The summed E-state index contributed by atoms with van der Waals surface area (Å²) < 4.78 is 0. The van der Waals surface area contributed by atoms with Gasteiger partial charge in [0.25, 0.3) is 0 Å². The van der Waals surface area contributed by atoms with Crippen LogP contribution in [0.4, 0.5) is 0 Å². The first kappa shape index (κ1) is 12.0. The molecule has 1 spiro atoms. The van der Waals surface area contributed by atoms with Gasteiger partial charge in [-0.1, -0.05) is 38.5 Å². The summed E-state index contributed by atoms with van der Waals surface area (Å²) >= 11 is 0. The highest BCUT2D eigenvalue weighted by Gasteiger charge is 2.51. The van der Waals surface area contributed by atoms with Crippen molar-refractivity contribution in [2.24, 2.45) is 5.41 Å². The van der Waals surface area contributed by atoms with Gasteiger partial charge in [-0.15, -0.1) is 0 Å². The molecule has 0 radical (unpaired) electrons. The maximum atomic E-state index is 9.82. The molecule has 0 amide bonds. The molecule has 1 aliphatic heterocycles. The third-order valence-electron chi connectivity index (χ3n) is 5.72. The van der Waals surface area contributed by atoms with Crippen LogP contribution in [0, 0.1) is 5.41 Å². The van der Waals surface area contributed by atoms with Crippen LogP contribution < -0.4 is 0 Å². The molecule has 0 aromatic rings. The number of hydrogen-bond donors (Lipinski definition) is 1. The standard InChI is InChI=1S/C15H27NO/c17-13-15(9-5-2-6-10-15)16-11-14(12-16)7-3-1-4-8-14/h17H,1-13H2. The Morgan fingerprint density at radius 3 is 1.82 bits per heavy atom. The van der Waals surface area contributed by atoms with Crippen molar-refractivity contribution in [2.45, 2.75) is 69.7 Å². The molecule has 1 heterocycles. The molecule has 1 saturated heterocycles. The van der Waals surface area contributed by atoms with E-state index in [0.717, 1.165) is 0 Å². The molecule has 0 aromatic heterocycles. The quantitative estimate of drug-likeness (QED) is 0.798. The summed E-state index contributed by atoms with van der Waals surface area (Å²) in [5.74, 6) is 0. The Balaban J connectivity index is 1.62. The van der Waals surface area contributed by atoms with Gasteiger partial charge >= 0.3 is 0 Å². The lowest BCUT2D eigenvalue weighted by atomic mass is 9.65. The molecule has 2 saturated carbocycles. The fraction of sp³-hybridized carbons (Fsp3) is 1.00. The van der Waals surface area contributed by atoms with E-state index in [4.69, 9.17) is 0 Å². The fourth-order valence-electron chi connectivity index (χ4n) is 4.50. The number of aliphatic hydroxyl groups excluding tert-OH is 1. The zero-order chi connectivity index (χ0) is 11.8. The minimum Gasteiger partial charge on any atom is -0.394 e. The molecule has 3 rings (SSSR count). The Labute approximate surface area is 105 Å². The first-order valence-corrected chi connectivity index (χ1v) is 7.65. The third kappa shape index (κ3) is 2.04. The predicted molar refractivity (Wildman–Crippen MR) is 70.0 cm³/mol. The van der Waals surface area contributed by atoms with Crippen molar-refractivity contribution in [3.05, 3.63) is 0 Å². The summed E-state index contributed by atoms with van der Waals surface area (Å²) in [6, 6.07) is 0. The zero-order valence-corrected chi connectivity index (χ0v) is 11.1. The van der Waals surface area contributed by atoms with E-state index < -0.39 is 0 Å². The summed E-state index contributed by atoms with van der Waals surface area (Å²) in [6.07, 6.45) is 13.7. The van der Waals surface area contributed by atoms with E-state index in [-0.39, 0.29) is 5.54 Å². The van der Waals surface area contributed by atoms with Crippen LogP contribution in [0.3, 0.4) is 0 Å². The second-order valence-corrected chi connectivity index (χ2v) is 6.86. The maximum Gasteiger partial charge on any atom is 0.0615 e. The number of rotatable bonds is 2. The number of nitrogens with zero attached hydrogens (tertiary/aromatic N) is 1. The predicted octanol–water partition coefficient (Wildman–Crippen LogP) is 2.95. The van der Waals surface area contributed by atoms with Gasteiger partial charge in [-0.05, 0) is 31.1 Å². The minimum atomic E-state index is 0.181. The van der Waals surface area contributed by atoms with Crippen LogP contribution in [-0.2, 0) is 0 Å². The van der Waals surface area contributed by atoms with E-state index in [2.05, 4.69) is 4.90 Å². The van der Waals surface area contributed by atoms with Crippen LogP contribution in [0.15, 0.2) is 0 Å². The molecule has 17 heavy (non-hydrogen) atoms. The average molecular weight is 237 g/mol. The highest BCUT2D eigenvalue weighted by molar-refractivity contribution is 5.05. The Bertz CT molecular complexity index is 256. The summed E-state index contributed by atoms with van der Waals surface area (Å²) in [6.45, 7) is 2.96. The van der Waals surface area contributed by atoms with E-state index >= 15 is 0 Å². The lowest BCUT2D eigenvalue weighted by Gasteiger charge is -2.60. The largest absolute Gasteiger partial charge is 0.394 e. The van der Waals surface area contributed by atoms with Gasteiger partial charge in [0, 0.05) is 18.6 Å². The zero-order valence-electron chi connectivity index (χ0n) is 11.1. The Morgan fingerprint density at radius 1 is 0.765 bits per heavy atom. The highest BCUT2D eigenvalue weighted by atomic mass is 16.3. The summed E-state index contributed by atoms with van der Waals surface area (Å²) in [4.78, 5) is 2.64. The average Bonchev–Trinajstić information content (AvgIpc) is 2.38. The smallest absolute Gasteiger partial charge is 0.0615 e. The second-order valence-electron chi connectivity index (χ2n) is 6.86. The molecular weight excluding hydrogens is 210 g/mol. The highest BCUT2D eigenvalue weighted by Crippen LogP contribution is 2.48. The Morgan fingerprint density at radius 2 is 1.29 bits per heavy atom. The van der Waals surface area contributed by atoms with Gasteiger partial charge in [-0.2, -0.15) is 0 Å². The van der Waals surface area contributed by atoms with Gasteiger partial charge in [-0.3, -0.25) is 4.90 Å². The van der Waals surface area contributed by atoms with Crippen molar-refractivity contribution in [1.82, 2.24) is 4.90 Å². The monoisotopic (exact) mass is 237 g/mol. The van der Waals surface area contributed by atoms with Crippen LogP contribution >= 0.6 is 0 Å². The molecule has 0 aromatic carbocycles. The van der Waals surface area contributed by atoms with E-state index in [1.807, 2.05) is 0 Å². The lowest BCUT2D eigenvalue weighted by Crippen LogP contribution is -2.67. The molecule has 1 N–H and O–H groups in total. The SMILES string of the molecule is OCC1(N2CC3(CCCCC3)C2)CCCCC1. The molecular formula is C15H27NO. The number of aliphatic hydroxyl groups is 1. The molecule has 3 fully saturated rings. The van der Waals surface area contributed by atoms with E-state index in [0.29, 0.717) is 12.0 Å². The van der Waals surface area contributed by atoms with Crippen molar-refractivity contribution in [3.63, 3.8) is 0 Å². The van der Waals surface area contributed by atoms with Crippen molar-refractivity contribution in [3.8, 4) is 0 Å². The van der Waals surface area contributed by atoms with Crippen molar-refractivity contribution in [2.75, 3.05) is 19.7 Å². The molecule has 0 atom stereocenters. The molecule has 98 valence electrons. The minimum absolute atomic E-state index is 0.181. The fourth-order valence-corrected chi connectivity index (χ4v) is 4.50. The lowest BCUT2D eigenvalue weighted by molar-refractivity contribution is -0.124. The van der Waals surface area contributed by atoms with Gasteiger partial charge in [0.2, 0.25) is 0 Å². The molecule has 2 heteroatoms. The summed E-state index contributed by atoms with van der Waals surface area (Å²) in [5.41, 5.74) is 0.846. The van der Waals surface area contributed by atoms with Gasteiger partial charge in [-0.25, -0.2) is 0 Å². The molecule has 3 aliphatic rings. The molecule has 0 unspecified atom stereocenters. The topological polar surface area (TPSA) is 23.5 Å². The van der Waals surface area contributed by atoms with Crippen molar-refractivity contribution < 1.29 is 5.11 Å². The van der Waals surface area contributed by atoms with Gasteiger partial charge in [0.05, 0.1) is 6.61 Å². The van der Waals surface area contributed by atoms with Crippen molar-refractivity contribution >= 4 is 0 Å². The van der Waals surface area contributed by atoms with E-state index in [1.54, 1.807) is 0 Å². The summed E-state index contributed by atoms with van der Waals surface area (Å²) in [7, 11) is 0. The first-order chi connectivity index (χ1) is 8.29. The Kier molecular flexibility index (Phi) is 3.20. The molecule has 2 nitrogen and oxygen atoms in total. The number of likely N-dealkylation sites (tertiary alicyclic amines) is 1. The van der Waals surface area contributed by atoms with Crippen LogP contribution in [0.5, 0.6) is 0 Å². The van der Waals surface area contributed by atoms with Crippen LogP contribution in [0.25, 0.3) is 0 Å². The van der Waals surface area contributed by atoms with Crippen LogP contribution in [-0.4, -0.2) is 35.2 Å². The van der Waals surface area contributed by atoms with Crippen molar-refractivity contribution in [1.29, 1.82) is 0 Å². The van der Waals surface area contributed by atoms with Gasteiger partial charge in [0.1, 0.15) is 0 Å².